The highest BCUT2D eigenvalue weighted by Crippen LogP contribution is 2.27. The van der Waals surface area contributed by atoms with E-state index in [1.807, 2.05) is 0 Å². The van der Waals surface area contributed by atoms with Crippen LogP contribution < -0.4 is 10.6 Å². The van der Waals surface area contributed by atoms with Crippen LogP contribution in [-0.2, 0) is 5.41 Å². The van der Waals surface area contributed by atoms with Crippen molar-refractivity contribution in [2.24, 2.45) is 5.92 Å². The molecule has 1 aliphatic heterocycles. The van der Waals surface area contributed by atoms with Gasteiger partial charge in [0.1, 0.15) is 0 Å². The van der Waals surface area contributed by atoms with Crippen molar-refractivity contribution in [3.05, 3.63) is 29.3 Å². The van der Waals surface area contributed by atoms with Crippen molar-refractivity contribution in [3.63, 3.8) is 0 Å². The van der Waals surface area contributed by atoms with Gasteiger partial charge in [0, 0.05) is 31.2 Å². The minimum Gasteiger partial charge on any atom is -0.384 e. The molecule has 1 fully saturated rings. The van der Waals surface area contributed by atoms with E-state index in [4.69, 9.17) is 0 Å². The molecule has 0 atom stereocenters. The van der Waals surface area contributed by atoms with Gasteiger partial charge in [0.2, 0.25) is 0 Å². The lowest BCUT2D eigenvalue weighted by Gasteiger charge is -2.28. The van der Waals surface area contributed by atoms with Gasteiger partial charge in [-0.15, -0.1) is 0 Å². The molecule has 1 aromatic rings. The van der Waals surface area contributed by atoms with Crippen molar-refractivity contribution >= 4 is 5.69 Å². The van der Waals surface area contributed by atoms with E-state index in [0.29, 0.717) is 0 Å². The minimum absolute atomic E-state index is 0.224. The van der Waals surface area contributed by atoms with Gasteiger partial charge in [-0.1, -0.05) is 32.9 Å². The highest BCUT2D eigenvalue weighted by molar-refractivity contribution is 5.53. The first-order valence-corrected chi connectivity index (χ1v) is 6.52. The van der Waals surface area contributed by atoms with Gasteiger partial charge in [-0.3, -0.25) is 0 Å². The average Bonchev–Trinajstić information content (AvgIpc) is 2.16. The van der Waals surface area contributed by atoms with Crippen LogP contribution >= 0.6 is 0 Å². The molecule has 0 spiro atoms. The maximum Gasteiger partial charge on any atom is 0.0372 e. The highest BCUT2D eigenvalue weighted by atomic mass is 15.0. The van der Waals surface area contributed by atoms with Gasteiger partial charge in [-0.2, -0.15) is 0 Å². The summed E-state index contributed by atoms with van der Waals surface area (Å²) in [6, 6.07) is 6.77. The normalized spacial score (nSPS) is 16.7. The van der Waals surface area contributed by atoms with Gasteiger partial charge in [-0.25, -0.2) is 0 Å². The SMILES string of the molecule is Cc1ccc(C(C)(C)C)cc1NCC1CNC1. The number of hydrogen-bond acceptors (Lipinski definition) is 2. The van der Waals surface area contributed by atoms with Gasteiger partial charge >= 0.3 is 0 Å². The van der Waals surface area contributed by atoms with E-state index >= 15 is 0 Å². The summed E-state index contributed by atoms with van der Waals surface area (Å²) in [5, 5.41) is 6.90. The van der Waals surface area contributed by atoms with Crippen molar-refractivity contribution in [1.29, 1.82) is 0 Å². The molecule has 0 aromatic heterocycles. The molecular formula is C15H24N2. The molecule has 0 radical (unpaired) electrons. The third kappa shape index (κ3) is 3.01. The van der Waals surface area contributed by atoms with Gasteiger partial charge < -0.3 is 10.6 Å². The maximum atomic E-state index is 3.59. The molecule has 17 heavy (non-hydrogen) atoms. The Morgan fingerprint density at radius 1 is 1.29 bits per heavy atom. The summed E-state index contributed by atoms with van der Waals surface area (Å²) in [5.41, 5.74) is 4.26. The fourth-order valence-electron chi connectivity index (χ4n) is 2.03. The lowest BCUT2D eigenvalue weighted by atomic mass is 9.86. The maximum absolute atomic E-state index is 3.59. The summed E-state index contributed by atoms with van der Waals surface area (Å²) in [6.45, 7) is 12.4. The van der Waals surface area contributed by atoms with Crippen LogP contribution in [0, 0.1) is 12.8 Å². The fourth-order valence-corrected chi connectivity index (χ4v) is 2.03. The van der Waals surface area contributed by atoms with Crippen LogP contribution in [0.3, 0.4) is 0 Å². The number of aryl methyl sites for hydroxylation is 1. The molecule has 2 rings (SSSR count). The number of anilines is 1. The van der Waals surface area contributed by atoms with Crippen molar-refractivity contribution < 1.29 is 0 Å². The molecule has 0 aliphatic carbocycles. The second-order valence-corrected chi connectivity index (χ2v) is 6.18. The van der Waals surface area contributed by atoms with Crippen molar-refractivity contribution in [2.45, 2.75) is 33.1 Å². The molecule has 2 heteroatoms. The van der Waals surface area contributed by atoms with Crippen LogP contribution in [0.2, 0.25) is 0 Å². The Kier molecular flexibility index (Phi) is 3.43. The Morgan fingerprint density at radius 2 is 2.00 bits per heavy atom. The standard InChI is InChI=1S/C15H24N2/c1-11-5-6-13(15(2,3)4)7-14(11)17-10-12-8-16-9-12/h5-7,12,16-17H,8-10H2,1-4H3. The summed E-state index contributed by atoms with van der Waals surface area (Å²) < 4.78 is 0. The second-order valence-electron chi connectivity index (χ2n) is 6.18. The molecule has 0 saturated carbocycles. The van der Waals surface area contributed by atoms with Gasteiger partial charge in [0.05, 0.1) is 0 Å². The zero-order chi connectivity index (χ0) is 12.5. The van der Waals surface area contributed by atoms with Crippen molar-refractivity contribution in [3.8, 4) is 0 Å². The van der Waals surface area contributed by atoms with Crippen LogP contribution in [0.25, 0.3) is 0 Å². The van der Waals surface area contributed by atoms with E-state index in [9.17, 15) is 0 Å². The Hall–Kier alpha value is -1.02. The van der Waals surface area contributed by atoms with E-state index in [0.717, 1.165) is 25.6 Å². The molecule has 0 amide bonds. The molecule has 1 saturated heterocycles. The number of hydrogen-bond donors (Lipinski definition) is 2. The second kappa shape index (κ2) is 4.69. The largest absolute Gasteiger partial charge is 0.384 e. The van der Waals surface area contributed by atoms with Crippen molar-refractivity contribution in [1.82, 2.24) is 5.32 Å². The molecule has 1 heterocycles. The monoisotopic (exact) mass is 232 g/mol. The Bertz CT molecular complexity index is 386. The Morgan fingerprint density at radius 3 is 2.53 bits per heavy atom. The van der Waals surface area contributed by atoms with Gasteiger partial charge in [0.25, 0.3) is 0 Å². The molecule has 94 valence electrons. The topological polar surface area (TPSA) is 24.1 Å². The summed E-state index contributed by atoms with van der Waals surface area (Å²) >= 11 is 0. The van der Waals surface area contributed by atoms with Crippen molar-refractivity contribution in [2.75, 3.05) is 25.0 Å². The Balaban J connectivity index is 2.08. The molecule has 2 N–H and O–H groups in total. The molecule has 0 unspecified atom stereocenters. The first-order chi connectivity index (χ1) is 7.97. The van der Waals surface area contributed by atoms with Crippen LogP contribution in [-0.4, -0.2) is 19.6 Å². The third-order valence-electron chi connectivity index (χ3n) is 3.55. The predicted octanol–water partition coefficient (Wildman–Crippen LogP) is 2.92. The molecular weight excluding hydrogens is 208 g/mol. The van der Waals surface area contributed by atoms with E-state index in [-0.39, 0.29) is 5.41 Å². The zero-order valence-electron chi connectivity index (χ0n) is 11.4. The molecule has 0 bridgehead atoms. The van der Waals surface area contributed by atoms with Crippen LogP contribution in [0.4, 0.5) is 5.69 Å². The first-order valence-electron chi connectivity index (χ1n) is 6.52. The summed E-state index contributed by atoms with van der Waals surface area (Å²) in [4.78, 5) is 0. The number of rotatable bonds is 3. The zero-order valence-corrected chi connectivity index (χ0v) is 11.4. The minimum atomic E-state index is 0.224. The number of benzene rings is 1. The predicted molar refractivity (Wildman–Crippen MR) is 74.7 cm³/mol. The van der Waals surface area contributed by atoms with Gasteiger partial charge in [0.15, 0.2) is 0 Å². The summed E-state index contributed by atoms with van der Waals surface area (Å²) in [7, 11) is 0. The lowest BCUT2D eigenvalue weighted by molar-refractivity contribution is 0.365. The summed E-state index contributed by atoms with van der Waals surface area (Å²) in [5.74, 6) is 0.799. The van der Waals surface area contributed by atoms with Gasteiger partial charge in [-0.05, 0) is 29.5 Å². The molecule has 2 nitrogen and oxygen atoms in total. The fraction of sp³-hybridized carbons (Fsp3) is 0.600. The van der Waals surface area contributed by atoms with Crippen LogP contribution in [0.15, 0.2) is 18.2 Å². The smallest absolute Gasteiger partial charge is 0.0372 e. The Labute approximate surface area is 105 Å². The average molecular weight is 232 g/mol. The number of nitrogens with one attached hydrogen (secondary N) is 2. The quantitative estimate of drug-likeness (QED) is 0.837. The lowest BCUT2D eigenvalue weighted by Crippen LogP contribution is -2.45. The van der Waals surface area contributed by atoms with E-state index in [1.165, 1.54) is 16.8 Å². The first kappa shape index (κ1) is 12.4. The highest BCUT2D eigenvalue weighted by Gasteiger charge is 2.17. The summed E-state index contributed by atoms with van der Waals surface area (Å²) in [6.07, 6.45) is 0. The molecule has 1 aliphatic rings. The van der Waals surface area contributed by atoms with E-state index in [1.54, 1.807) is 0 Å². The van der Waals surface area contributed by atoms with E-state index < -0.39 is 0 Å². The van der Waals surface area contributed by atoms with Crippen LogP contribution in [0.5, 0.6) is 0 Å². The van der Waals surface area contributed by atoms with Crippen LogP contribution in [0.1, 0.15) is 31.9 Å². The third-order valence-corrected chi connectivity index (χ3v) is 3.55. The molecule has 1 aromatic carbocycles. The van der Waals surface area contributed by atoms with E-state index in [2.05, 4.69) is 56.5 Å².